The lowest BCUT2D eigenvalue weighted by Gasteiger charge is -2.11. The molecule has 1 atom stereocenters. The largest absolute Gasteiger partial charge is 0.490 e. The second-order valence-corrected chi connectivity index (χ2v) is 9.29. The number of aromatic nitrogens is 2. The van der Waals surface area contributed by atoms with Gasteiger partial charge in [0.15, 0.2) is 4.96 Å². The van der Waals surface area contributed by atoms with Crippen LogP contribution in [0.25, 0.3) is 22.1 Å². The van der Waals surface area contributed by atoms with Crippen molar-refractivity contribution in [1.82, 2.24) is 9.38 Å². The molecule has 6 heteroatoms. The summed E-state index contributed by atoms with van der Waals surface area (Å²) in [6.45, 7) is 5.35. The number of fused-ring (bicyclic) bond motifs is 3. The van der Waals surface area contributed by atoms with E-state index in [1.54, 1.807) is 4.40 Å². The maximum absolute atomic E-state index is 12.9. The van der Waals surface area contributed by atoms with Gasteiger partial charge in [0.1, 0.15) is 24.7 Å². The third kappa shape index (κ3) is 4.54. The minimum Gasteiger partial charge on any atom is -0.490 e. The Kier molecular flexibility index (Phi) is 6.32. The molecule has 0 saturated carbocycles. The Labute approximate surface area is 201 Å². The van der Waals surface area contributed by atoms with E-state index in [9.17, 15) is 4.79 Å². The standard InChI is InChI=1S/C28H26N2O3S/c1-3-19(2)21-10-14-23(15-11-21)33-17-16-32-22-12-8-20(9-13-22)18-26-27(31)30-25-7-5-4-6-24(25)29-28(30)34-26/h4-15,18-19H,3,16-17H2,1-2H3/b26-18-. The highest BCUT2D eigenvalue weighted by Crippen LogP contribution is 2.21. The Morgan fingerprint density at radius 3 is 2.26 bits per heavy atom. The van der Waals surface area contributed by atoms with Crippen LogP contribution in [0.15, 0.2) is 77.6 Å². The van der Waals surface area contributed by atoms with Crippen LogP contribution in [0.5, 0.6) is 11.5 Å². The van der Waals surface area contributed by atoms with Crippen LogP contribution in [-0.2, 0) is 0 Å². The summed E-state index contributed by atoms with van der Waals surface area (Å²) in [4.78, 5) is 18.2. The van der Waals surface area contributed by atoms with Crippen molar-refractivity contribution >= 4 is 33.4 Å². The average Bonchev–Trinajstić information content (AvgIpc) is 3.38. The molecular formula is C28H26N2O3S. The predicted molar refractivity (Wildman–Crippen MR) is 138 cm³/mol. The molecule has 0 aliphatic heterocycles. The van der Waals surface area contributed by atoms with Gasteiger partial charge < -0.3 is 9.47 Å². The molecule has 5 nitrogen and oxygen atoms in total. The first-order valence-electron chi connectivity index (χ1n) is 11.5. The van der Waals surface area contributed by atoms with Crippen molar-refractivity contribution in [2.45, 2.75) is 26.2 Å². The van der Waals surface area contributed by atoms with Crippen LogP contribution < -0.4 is 19.6 Å². The van der Waals surface area contributed by atoms with E-state index >= 15 is 0 Å². The normalized spacial score (nSPS) is 12.9. The van der Waals surface area contributed by atoms with Crippen molar-refractivity contribution in [2.75, 3.05) is 13.2 Å². The molecule has 0 fully saturated rings. The average molecular weight is 471 g/mol. The third-order valence-corrected chi connectivity index (χ3v) is 6.97. The van der Waals surface area contributed by atoms with Crippen molar-refractivity contribution in [1.29, 1.82) is 0 Å². The number of hydrogen-bond acceptors (Lipinski definition) is 5. The van der Waals surface area contributed by atoms with Crippen molar-refractivity contribution in [2.24, 2.45) is 0 Å². The zero-order chi connectivity index (χ0) is 23.5. The van der Waals surface area contributed by atoms with E-state index in [2.05, 4.69) is 31.0 Å². The van der Waals surface area contributed by atoms with E-state index < -0.39 is 0 Å². The Bertz CT molecular complexity index is 1520. The molecular weight excluding hydrogens is 444 g/mol. The Hall–Kier alpha value is -3.64. The molecule has 0 bridgehead atoms. The van der Waals surface area contributed by atoms with Crippen LogP contribution in [0.3, 0.4) is 0 Å². The zero-order valence-corrected chi connectivity index (χ0v) is 20.0. The monoisotopic (exact) mass is 470 g/mol. The number of imidazole rings is 1. The van der Waals surface area contributed by atoms with E-state index in [0.29, 0.717) is 28.6 Å². The molecule has 0 spiro atoms. The molecule has 0 saturated heterocycles. The molecule has 0 aliphatic rings. The van der Waals surface area contributed by atoms with Gasteiger partial charge in [-0.05, 0) is 65.9 Å². The SMILES string of the molecule is CCC(C)c1ccc(OCCOc2ccc(/C=c3\sc4nc5ccccc5n4c3=O)cc2)cc1. The number of thiazole rings is 1. The van der Waals surface area contributed by atoms with Gasteiger partial charge >= 0.3 is 0 Å². The highest BCUT2D eigenvalue weighted by Gasteiger charge is 2.10. The summed E-state index contributed by atoms with van der Waals surface area (Å²) in [5, 5.41) is 0. The first-order chi connectivity index (χ1) is 16.6. The molecule has 172 valence electrons. The number of rotatable bonds is 8. The Morgan fingerprint density at radius 2 is 1.59 bits per heavy atom. The van der Waals surface area contributed by atoms with Gasteiger partial charge in [-0.1, -0.05) is 61.6 Å². The van der Waals surface area contributed by atoms with Crippen LogP contribution in [-0.4, -0.2) is 22.6 Å². The lowest BCUT2D eigenvalue weighted by Crippen LogP contribution is -2.22. The smallest absolute Gasteiger partial charge is 0.274 e. The number of para-hydroxylation sites is 2. The number of benzene rings is 3. The quantitative estimate of drug-likeness (QED) is 0.284. The van der Waals surface area contributed by atoms with Gasteiger partial charge in [-0.3, -0.25) is 4.79 Å². The fourth-order valence-corrected chi connectivity index (χ4v) is 4.86. The zero-order valence-electron chi connectivity index (χ0n) is 19.2. The highest BCUT2D eigenvalue weighted by atomic mass is 32.1. The van der Waals surface area contributed by atoms with Crippen molar-refractivity contribution in [3.05, 3.63) is 98.8 Å². The summed E-state index contributed by atoms with van der Waals surface area (Å²) >= 11 is 1.40. The summed E-state index contributed by atoms with van der Waals surface area (Å²) in [6, 6.07) is 23.7. The predicted octanol–water partition coefficient (Wildman–Crippen LogP) is 5.43. The highest BCUT2D eigenvalue weighted by molar-refractivity contribution is 7.15. The molecule has 34 heavy (non-hydrogen) atoms. The van der Waals surface area contributed by atoms with Crippen LogP contribution in [0, 0.1) is 0 Å². The lowest BCUT2D eigenvalue weighted by molar-refractivity contribution is 0.217. The number of ether oxygens (including phenoxy) is 2. The van der Waals surface area contributed by atoms with E-state index in [1.807, 2.05) is 66.7 Å². The van der Waals surface area contributed by atoms with Gasteiger partial charge in [-0.25, -0.2) is 9.38 Å². The summed E-state index contributed by atoms with van der Waals surface area (Å²) in [5.74, 6) is 2.18. The number of hydrogen-bond donors (Lipinski definition) is 0. The first kappa shape index (κ1) is 22.2. The minimum atomic E-state index is -0.0386. The van der Waals surface area contributed by atoms with Crippen molar-refractivity contribution < 1.29 is 9.47 Å². The van der Waals surface area contributed by atoms with Crippen LogP contribution >= 0.6 is 11.3 Å². The molecule has 0 amide bonds. The number of nitrogens with zero attached hydrogens (tertiary/aromatic N) is 2. The lowest BCUT2D eigenvalue weighted by atomic mass is 9.99. The molecule has 5 aromatic rings. The van der Waals surface area contributed by atoms with E-state index in [1.165, 1.54) is 16.9 Å². The van der Waals surface area contributed by atoms with Crippen molar-refractivity contribution in [3.63, 3.8) is 0 Å². The minimum absolute atomic E-state index is 0.0386. The van der Waals surface area contributed by atoms with E-state index in [4.69, 9.17) is 9.47 Å². The molecule has 0 N–H and O–H groups in total. The fourth-order valence-electron chi connectivity index (χ4n) is 3.87. The maximum Gasteiger partial charge on any atom is 0.274 e. The van der Waals surface area contributed by atoms with Gasteiger partial charge in [-0.2, -0.15) is 0 Å². The fraction of sp³-hybridized carbons (Fsp3) is 0.214. The second-order valence-electron chi connectivity index (χ2n) is 8.28. The van der Waals surface area contributed by atoms with E-state index in [-0.39, 0.29) is 5.56 Å². The Balaban J connectivity index is 1.20. The van der Waals surface area contributed by atoms with Gasteiger partial charge in [0.05, 0.1) is 15.6 Å². The van der Waals surface area contributed by atoms with Gasteiger partial charge in [-0.15, -0.1) is 0 Å². The molecule has 0 radical (unpaired) electrons. The summed E-state index contributed by atoms with van der Waals surface area (Å²) in [7, 11) is 0. The second kappa shape index (κ2) is 9.69. The molecule has 2 aromatic heterocycles. The molecule has 3 aromatic carbocycles. The van der Waals surface area contributed by atoms with Gasteiger partial charge in [0, 0.05) is 0 Å². The third-order valence-electron chi connectivity index (χ3n) is 6.01. The summed E-state index contributed by atoms with van der Waals surface area (Å²) in [5.41, 5.74) is 3.91. The molecule has 0 aliphatic carbocycles. The van der Waals surface area contributed by atoms with Crippen LogP contribution in [0.4, 0.5) is 0 Å². The molecule has 2 heterocycles. The summed E-state index contributed by atoms with van der Waals surface area (Å²) < 4.78 is 13.9. The maximum atomic E-state index is 12.9. The molecule has 5 rings (SSSR count). The van der Waals surface area contributed by atoms with Gasteiger partial charge in [0.25, 0.3) is 5.56 Å². The van der Waals surface area contributed by atoms with E-state index in [0.717, 1.165) is 34.5 Å². The van der Waals surface area contributed by atoms with Crippen LogP contribution in [0.2, 0.25) is 0 Å². The Morgan fingerprint density at radius 1 is 0.941 bits per heavy atom. The first-order valence-corrected chi connectivity index (χ1v) is 12.3. The topological polar surface area (TPSA) is 52.8 Å². The van der Waals surface area contributed by atoms with Crippen molar-refractivity contribution in [3.8, 4) is 11.5 Å². The molecule has 1 unspecified atom stereocenters. The summed E-state index contributed by atoms with van der Waals surface area (Å²) in [6.07, 6.45) is 3.02. The van der Waals surface area contributed by atoms with Gasteiger partial charge in [0.2, 0.25) is 0 Å². The van der Waals surface area contributed by atoms with Crippen LogP contribution in [0.1, 0.15) is 37.3 Å².